The summed E-state index contributed by atoms with van der Waals surface area (Å²) < 4.78 is 16.2. The van der Waals surface area contributed by atoms with Gasteiger partial charge in [-0.2, -0.15) is 17.7 Å². The second-order valence-electron chi connectivity index (χ2n) is 8.21. The van der Waals surface area contributed by atoms with Crippen molar-refractivity contribution in [2.75, 3.05) is 20.1 Å². The van der Waals surface area contributed by atoms with Crippen LogP contribution in [0.2, 0.25) is 0 Å². The standard InChI is InChI=1S/C23H27FN4O2S/c1-25-21(29)14-28-11-8-17(26-28)12-16-13-27(10-9-20(16)31)22(23(30)15-6-7-15)18-4-2-3-5-19(18)24/h2-5,8,11-12,15,20,22,31H,6-7,9-10,13-14H2,1H3,(H,25,29)/b16-12-. The van der Waals surface area contributed by atoms with E-state index in [4.69, 9.17) is 12.6 Å². The van der Waals surface area contributed by atoms with Crippen molar-refractivity contribution < 1.29 is 14.0 Å². The Morgan fingerprint density at radius 2 is 2.06 bits per heavy atom. The average Bonchev–Trinajstić information content (AvgIpc) is 3.53. The summed E-state index contributed by atoms with van der Waals surface area (Å²) in [5.41, 5.74) is 2.21. The maximum atomic E-state index is 14.6. The van der Waals surface area contributed by atoms with Gasteiger partial charge in [0.25, 0.3) is 0 Å². The first-order valence-corrected chi connectivity index (χ1v) is 11.1. The van der Waals surface area contributed by atoms with Gasteiger partial charge in [0.1, 0.15) is 12.4 Å². The molecule has 2 atom stereocenters. The molecule has 2 aliphatic rings. The molecule has 1 N–H and O–H groups in total. The number of Topliss-reactive ketones (excluding diaryl/α,β-unsaturated/α-hetero) is 1. The Labute approximate surface area is 186 Å². The van der Waals surface area contributed by atoms with E-state index in [0.717, 1.165) is 30.5 Å². The highest BCUT2D eigenvalue weighted by atomic mass is 32.1. The molecular weight excluding hydrogens is 415 g/mol. The zero-order valence-electron chi connectivity index (χ0n) is 17.5. The molecule has 0 bridgehead atoms. The highest BCUT2D eigenvalue weighted by molar-refractivity contribution is 7.81. The minimum Gasteiger partial charge on any atom is -0.358 e. The Bertz CT molecular complexity index is 1000. The van der Waals surface area contributed by atoms with Crippen LogP contribution >= 0.6 is 12.6 Å². The molecule has 8 heteroatoms. The first-order valence-electron chi connectivity index (χ1n) is 10.6. The number of benzene rings is 1. The molecule has 164 valence electrons. The van der Waals surface area contributed by atoms with Crippen molar-refractivity contribution in [3.05, 3.63) is 59.2 Å². The van der Waals surface area contributed by atoms with Gasteiger partial charge in [0.15, 0.2) is 5.78 Å². The molecule has 31 heavy (non-hydrogen) atoms. The predicted octanol–water partition coefficient (Wildman–Crippen LogP) is 2.88. The van der Waals surface area contributed by atoms with Crippen LogP contribution in [-0.4, -0.2) is 51.8 Å². The molecule has 1 aromatic heterocycles. The molecular formula is C23H27FN4O2S. The van der Waals surface area contributed by atoms with Crippen molar-refractivity contribution >= 4 is 30.4 Å². The molecule has 0 radical (unpaired) electrons. The van der Waals surface area contributed by atoms with Crippen molar-refractivity contribution in [1.82, 2.24) is 20.0 Å². The first kappa shape index (κ1) is 21.8. The summed E-state index contributed by atoms with van der Waals surface area (Å²) in [7, 11) is 1.59. The second kappa shape index (κ2) is 9.36. The lowest BCUT2D eigenvalue weighted by atomic mass is 9.93. The molecule has 1 aliphatic carbocycles. The highest BCUT2D eigenvalue weighted by Gasteiger charge is 2.40. The summed E-state index contributed by atoms with van der Waals surface area (Å²) in [6.45, 7) is 1.35. The second-order valence-corrected chi connectivity index (χ2v) is 8.83. The Morgan fingerprint density at radius 3 is 2.77 bits per heavy atom. The number of thiol groups is 1. The summed E-state index contributed by atoms with van der Waals surface area (Å²) in [6, 6.07) is 7.84. The topological polar surface area (TPSA) is 67.2 Å². The summed E-state index contributed by atoms with van der Waals surface area (Å²) in [6.07, 6.45) is 6.26. The number of hydrogen-bond donors (Lipinski definition) is 2. The lowest BCUT2D eigenvalue weighted by Crippen LogP contribution is -2.42. The summed E-state index contributed by atoms with van der Waals surface area (Å²) >= 11 is 4.73. The molecule has 1 aromatic carbocycles. The molecule has 1 aliphatic heterocycles. The molecule has 6 nitrogen and oxygen atoms in total. The van der Waals surface area contributed by atoms with Gasteiger partial charge in [0.05, 0.1) is 11.7 Å². The number of aromatic nitrogens is 2. The number of amides is 1. The predicted molar refractivity (Wildman–Crippen MR) is 120 cm³/mol. The van der Waals surface area contributed by atoms with E-state index in [0.29, 0.717) is 18.7 Å². The maximum absolute atomic E-state index is 14.6. The van der Waals surface area contributed by atoms with E-state index in [9.17, 15) is 14.0 Å². The minimum atomic E-state index is -0.580. The van der Waals surface area contributed by atoms with Gasteiger partial charge in [-0.25, -0.2) is 4.39 Å². The monoisotopic (exact) mass is 442 g/mol. The van der Waals surface area contributed by atoms with Crippen LogP contribution in [0.5, 0.6) is 0 Å². The van der Waals surface area contributed by atoms with Crippen LogP contribution < -0.4 is 5.32 Å². The zero-order chi connectivity index (χ0) is 22.0. The third-order valence-corrected chi connectivity index (χ3v) is 6.49. The average molecular weight is 443 g/mol. The van der Waals surface area contributed by atoms with E-state index >= 15 is 0 Å². The smallest absolute Gasteiger partial charge is 0.241 e. The number of ketones is 1. The fraction of sp³-hybridized carbons (Fsp3) is 0.435. The van der Waals surface area contributed by atoms with E-state index in [1.165, 1.54) is 6.07 Å². The van der Waals surface area contributed by atoms with Crippen LogP contribution in [0, 0.1) is 11.7 Å². The van der Waals surface area contributed by atoms with Crippen molar-refractivity contribution in [2.45, 2.75) is 37.1 Å². The normalized spacial score (nSPS) is 21.8. The van der Waals surface area contributed by atoms with E-state index in [2.05, 4.69) is 15.3 Å². The number of hydrogen-bond acceptors (Lipinski definition) is 5. The number of nitrogens with one attached hydrogen (secondary N) is 1. The van der Waals surface area contributed by atoms with Gasteiger partial charge in [-0.3, -0.25) is 19.2 Å². The molecule has 1 saturated carbocycles. The number of piperidine rings is 1. The fourth-order valence-corrected chi connectivity index (χ4v) is 4.30. The molecule has 4 rings (SSSR count). The molecule has 2 fully saturated rings. The van der Waals surface area contributed by atoms with Crippen LogP contribution in [0.25, 0.3) is 6.08 Å². The SMILES string of the molecule is CNC(=O)Cn1ccc(/C=C2/CN(C(C(=O)C3CC3)c3ccccc3F)CCC2S)n1. The van der Waals surface area contributed by atoms with Gasteiger partial charge >= 0.3 is 0 Å². The maximum Gasteiger partial charge on any atom is 0.241 e. The van der Waals surface area contributed by atoms with Gasteiger partial charge in [0, 0.05) is 43.1 Å². The lowest BCUT2D eigenvalue weighted by Gasteiger charge is -2.37. The Hall–Kier alpha value is -2.45. The van der Waals surface area contributed by atoms with Gasteiger partial charge in [-0.1, -0.05) is 18.2 Å². The Morgan fingerprint density at radius 1 is 1.29 bits per heavy atom. The lowest BCUT2D eigenvalue weighted by molar-refractivity contribution is -0.126. The molecule has 1 amide bonds. The van der Waals surface area contributed by atoms with Crippen LogP contribution in [-0.2, 0) is 16.1 Å². The fourth-order valence-electron chi connectivity index (χ4n) is 4.03. The van der Waals surface area contributed by atoms with Crippen LogP contribution in [0.4, 0.5) is 4.39 Å². The summed E-state index contributed by atoms with van der Waals surface area (Å²) in [5, 5.41) is 7.06. The van der Waals surface area contributed by atoms with Crippen LogP contribution in [0.1, 0.15) is 36.6 Å². The number of likely N-dealkylation sites (tertiary alicyclic amines) is 1. The molecule has 2 aromatic rings. The number of carbonyl (C=O) groups is 2. The third-order valence-electron chi connectivity index (χ3n) is 5.90. The quantitative estimate of drug-likeness (QED) is 0.647. The number of likely N-dealkylation sites (N-methyl/N-ethyl adjacent to an activating group) is 1. The van der Waals surface area contributed by atoms with E-state index in [1.54, 1.807) is 36.1 Å². The molecule has 2 heterocycles. The molecule has 0 spiro atoms. The van der Waals surface area contributed by atoms with Crippen molar-refractivity contribution in [3.63, 3.8) is 0 Å². The molecule has 1 saturated heterocycles. The highest BCUT2D eigenvalue weighted by Crippen LogP contribution is 2.39. The molecule has 2 unspecified atom stereocenters. The van der Waals surface area contributed by atoms with Gasteiger partial charge in [-0.05, 0) is 43.0 Å². The Kier molecular flexibility index (Phi) is 6.57. The van der Waals surface area contributed by atoms with Crippen LogP contribution in [0.3, 0.4) is 0 Å². The third kappa shape index (κ3) is 5.07. The van der Waals surface area contributed by atoms with Crippen molar-refractivity contribution in [3.8, 4) is 0 Å². The van der Waals surface area contributed by atoms with E-state index < -0.39 is 6.04 Å². The van der Waals surface area contributed by atoms with Gasteiger partial charge < -0.3 is 5.32 Å². The van der Waals surface area contributed by atoms with Crippen LogP contribution in [0.15, 0.2) is 42.1 Å². The number of halogens is 1. The zero-order valence-corrected chi connectivity index (χ0v) is 18.4. The largest absolute Gasteiger partial charge is 0.358 e. The van der Waals surface area contributed by atoms with E-state index in [-0.39, 0.29) is 35.2 Å². The summed E-state index contributed by atoms with van der Waals surface area (Å²) in [4.78, 5) is 26.8. The van der Waals surface area contributed by atoms with Crippen molar-refractivity contribution in [2.24, 2.45) is 5.92 Å². The number of carbonyl (C=O) groups excluding carboxylic acids is 2. The van der Waals surface area contributed by atoms with Gasteiger partial charge in [-0.15, -0.1) is 0 Å². The minimum absolute atomic E-state index is 0.0335. The number of rotatable bonds is 7. The Balaban J connectivity index is 1.58. The van der Waals surface area contributed by atoms with E-state index in [1.807, 2.05) is 12.1 Å². The summed E-state index contributed by atoms with van der Waals surface area (Å²) in [5.74, 6) is -0.319. The van der Waals surface area contributed by atoms with Gasteiger partial charge in [0.2, 0.25) is 5.91 Å². The van der Waals surface area contributed by atoms with Crippen molar-refractivity contribution in [1.29, 1.82) is 0 Å². The number of nitrogens with zero attached hydrogens (tertiary/aromatic N) is 3. The first-order chi connectivity index (χ1) is 15.0.